The first-order valence-electron chi connectivity index (χ1n) is 8.20. The van der Waals surface area contributed by atoms with Crippen LogP contribution in [0, 0.1) is 0 Å². The standard InChI is InChI=1S/C20H22N2O3S/c1-22(11-16-12-26-13-21-16)10-15-8-14(4-6-19(15)23)18-9-17(24-2)5-7-20(18)25-3/h4-9,12-13,23H,10-11H2,1-3H3. The second-order valence-corrected chi connectivity index (χ2v) is 6.78. The lowest BCUT2D eigenvalue weighted by Gasteiger charge is -2.18. The van der Waals surface area contributed by atoms with Crippen LogP contribution < -0.4 is 9.47 Å². The lowest BCUT2D eigenvalue weighted by atomic mass is 10.0. The number of methoxy groups -OCH3 is 2. The van der Waals surface area contributed by atoms with Crippen LogP contribution in [-0.4, -0.2) is 36.3 Å². The van der Waals surface area contributed by atoms with Crippen LogP contribution in [0.3, 0.4) is 0 Å². The maximum atomic E-state index is 10.3. The summed E-state index contributed by atoms with van der Waals surface area (Å²) in [5.41, 5.74) is 5.61. The Morgan fingerprint density at radius 1 is 1.08 bits per heavy atom. The third-order valence-corrected chi connectivity index (χ3v) is 4.79. The van der Waals surface area contributed by atoms with Crippen molar-refractivity contribution < 1.29 is 14.6 Å². The molecule has 0 unspecified atom stereocenters. The van der Waals surface area contributed by atoms with Gasteiger partial charge in [0, 0.05) is 29.6 Å². The summed E-state index contributed by atoms with van der Waals surface area (Å²) < 4.78 is 10.8. The van der Waals surface area contributed by atoms with Crippen LogP contribution in [0.4, 0.5) is 0 Å². The summed E-state index contributed by atoms with van der Waals surface area (Å²) in [6.45, 7) is 1.35. The lowest BCUT2D eigenvalue weighted by Crippen LogP contribution is -2.17. The molecule has 0 radical (unpaired) electrons. The van der Waals surface area contributed by atoms with E-state index in [1.807, 2.05) is 48.3 Å². The van der Waals surface area contributed by atoms with Crippen molar-refractivity contribution in [1.29, 1.82) is 0 Å². The van der Waals surface area contributed by atoms with Crippen molar-refractivity contribution in [2.75, 3.05) is 21.3 Å². The number of benzene rings is 2. The SMILES string of the molecule is COc1ccc(OC)c(-c2ccc(O)c(CN(C)Cc3cscn3)c2)c1. The second kappa shape index (κ2) is 8.21. The number of thiazole rings is 1. The number of ether oxygens (including phenoxy) is 2. The van der Waals surface area contributed by atoms with E-state index in [1.54, 1.807) is 31.6 Å². The molecule has 26 heavy (non-hydrogen) atoms. The minimum Gasteiger partial charge on any atom is -0.508 e. The van der Waals surface area contributed by atoms with E-state index in [9.17, 15) is 5.11 Å². The average molecular weight is 370 g/mol. The quantitative estimate of drug-likeness (QED) is 0.677. The number of hydrogen-bond acceptors (Lipinski definition) is 6. The maximum absolute atomic E-state index is 10.3. The van der Waals surface area contributed by atoms with Gasteiger partial charge in [0.15, 0.2) is 0 Å². The summed E-state index contributed by atoms with van der Waals surface area (Å²) in [6, 6.07) is 11.3. The zero-order valence-corrected chi connectivity index (χ0v) is 15.9. The molecule has 0 aliphatic heterocycles. The molecule has 1 aromatic heterocycles. The van der Waals surface area contributed by atoms with Crippen molar-refractivity contribution in [2.45, 2.75) is 13.1 Å². The first-order chi connectivity index (χ1) is 12.6. The van der Waals surface area contributed by atoms with Crippen LogP contribution in [0.1, 0.15) is 11.3 Å². The van der Waals surface area contributed by atoms with Crippen LogP contribution in [0.2, 0.25) is 0 Å². The molecule has 0 aliphatic rings. The van der Waals surface area contributed by atoms with Crippen molar-refractivity contribution in [3.8, 4) is 28.4 Å². The molecule has 2 aromatic carbocycles. The molecule has 0 amide bonds. The molecular formula is C20H22N2O3S. The maximum Gasteiger partial charge on any atom is 0.126 e. The van der Waals surface area contributed by atoms with Gasteiger partial charge in [-0.2, -0.15) is 0 Å². The van der Waals surface area contributed by atoms with Crippen molar-refractivity contribution in [3.63, 3.8) is 0 Å². The molecule has 0 saturated carbocycles. The van der Waals surface area contributed by atoms with Crippen molar-refractivity contribution >= 4 is 11.3 Å². The molecule has 136 valence electrons. The first kappa shape index (κ1) is 18.2. The Morgan fingerprint density at radius 3 is 2.62 bits per heavy atom. The van der Waals surface area contributed by atoms with Gasteiger partial charge in [0.05, 0.1) is 25.4 Å². The minimum atomic E-state index is 0.278. The summed E-state index contributed by atoms with van der Waals surface area (Å²) in [5, 5.41) is 12.3. The Balaban J connectivity index is 1.88. The van der Waals surface area contributed by atoms with Crippen LogP contribution in [0.25, 0.3) is 11.1 Å². The van der Waals surface area contributed by atoms with E-state index >= 15 is 0 Å². The summed E-state index contributed by atoms with van der Waals surface area (Å²) in [6.07, 6.45) is 0. The summed E-state index contributed by atoms with van der Waals surface area (Å²) in [4.78, 5) is 6.43. The fourth-order valence-corrected chi connectivity index (χ4v) is 3.41. The normalized spacial score (nSPS) is 10.9. The van der Waals surface area contributed by atoms with Gasteiger partial charge in [-0.05, 0) is 42.9 Å². The Labute approximate surface area is 157 Å². The highest BCUT2D eigenvalue weighted by molar-refractivity contribution is 7.07. The molecule has 1 N–H and O–H groups in total. The van der Waals surface area contributed by atoms with Gasteiger partial charge >= 0.3 is 0 Å². The molecular weight excluding hydrogens is 348 g/mol. The highest BCUT2D eigenvalue weighted by Crippen LogP contribution is 2.35. The van der Waals surface area contributed by atoms with Gasteiger partial charge in [0.1, 0.15) is 17.2 Å². The number of hydrogen-bond donors (Lipinski definition) is 1. The number of phenolic OH excluding ortho intramolecular Hbond substituents is 1. The van der Waals surface area contributed by atoms with Crippen LogP contribution in [0.15, 0.2) is 47.3 Å². The second-order valence-electron chi connectivity index (χ2n) is 6.06. The zero-order chi connectivity index (χ0) is 18.5. The average Bonchev–Trinajstić information content (AvgIpc) is 3.15. The molecule has 0 spiro atoms. The largest absolute Gasteiger partial charge is 0.508 e. The number of phenols is 1. The van der Waals surface area contributed by atoms with E-state index in [1.165, 1.54) is 0 Å². The van der Waals surface area contributed by atoms with Crippen LogP contribution in [-0.2, 0) is 13.1 Å². The monoisotopic (exact) mass is 370 g/mol. The molecule has 0 bridgehead atoms. The molecule has 1 heterocycles. The van der Waals surface area contributed by atoms with Crippen molar-refractivity contribution in [3.05, 3.63) is 58.5 Å². The Kier molecular flexibility index (Phi) is 5.75. The third-order valence-electron chi connectivity index (χ3n) is 4.15. The van der Waals surface area contributed by atoms with E-state index in [4.69, 9.17) is 9.47 Å². The fraction of sp³-hybridized carbons (Fsp3) is 0.250. The van der Waals surface area contributed by atoms with Crippen molar-refractivity contribution in [1.82, 2.24) is 9.88 Å². The molecule has 0 atom stereocenters. The van der Waals surface area contributed by atoms with Gasteiger partial charge < -0.3 is 14.6 Å². The number of aromatic hydroxyl groups is 1. The Bertz CT molecular complexity index is 865. The Hall–Kier alpha value is -2.57. The summed E-state index contributed by atoms with van der Waals surface area (Å²) in [7, 11) is 5.30. The highest BCUT2D eigenvalue weighted by atomic mass is 32.1. The Morgan fingerprint density at radius 2 is 1.92 bits per heavy atom. The molecule has 3 rings (SSSR count). The zero-order valence-electron chi connectivity index (χ0n) is 15.1. The molecule has 6 heteroatoms. The van der Waals surface area contributed by atoms with Crippen LogP contribution in [0.5, 0.6) is 17.2 Å². The molecule has 0 fully saturated rings. The van der Waals surface area contributed by atoms with Gasteiger partial charge in [-0.15, -0.1) is 11.3 Å². The highest BCUT2D eigenvalue weighted by Gasteiger charge is 2.12. The number of rotatable bonds is 7. The molecule has 0 saturated heterocycles. The van der Waals surface area contributed by atoms with Gasteiger partial charge in [-0.25, -0.2) is 4.98 Å². The lowest BCUT2D eigenvalue weighted by molar-refractivity contribution is 0.309. The predicted octanol–water partition coefficient (Wildman–Crippen LogP) is 4.16. The minimum absolute atomic E-state index is 0.278. The summed E-state index contributed by atoms with van der Waals surface area (Å²) in [5.74, 6) is 1.80. The van der Waals surface area contributed by atoms with Gasteiger partial charge in [-0.1, -0.05) is 6.07 Å². The van der Waals surface area contributed by atoms with E-state index in [0.29, 0.717) is 6.54 Å². The molecule has 5 nitrogen and oxygen atoms in total. The van der Waals surface area contributed by atoms with Gasteiger partial charge in [-0.3, -0.25) is 4.90 Å². The molecule has 3 aromatic rings. The van der Waals surface area contributed by atoms with Crippen molar-refractivity contribution in [2.24, 2.45) is 0 Å². The first-order valence-corrected chi connectivity index (χ1v) is 9.15. The number of aromatic nitrogens is 1. The van der Waals surface area contributed by atoms with E-state index in [2.05, 4.69) is 9.88 Å². The van der Waals surface area contributed by atoms with Crippen LogP contribution >= 0.6 is 11.3 Å². The smallest absolute Gasteiger partial charge is 0.126 e. The molecule has 0 aliphatic carbocycles. The predicted molar refractivity (Wildman–Crippen MR) is 104 cm³/mol. The van der Waals surface area contributed by atoms with E-state index < -0.39 is 0 Å². The number of nitrogens with zero attached hydrogens (tertiary/aromatic N) is 2. The fourth-order valence-electron chi connectivity index (χ4n) is 2.86. The van der Waals surface area contributed by atoms with Gasteiger partial charge in [0.25, 0.3) is 0 Å². The third kappa shape index (κ3) is 4.15. The topological polar surface area (TPSA) is 54.8 Å². The van der Waals surface area contributed by atoms with E-state index in [0.717, 1.165) is 40.4 Å². The van der Waals surface area contributed by atoms with E-state index in [-0.39, 0.29) is 5.75 Å². The summed E-state index contributed by atoms with van der Waals surface area (Å²) >= 11 is 1.59. The van der Waals surface area contributed by atoms with Gasteiger partial charge in [0.2, 0.25) is 0 Å².